The van der Waals surface area contributed by atoms with E-state index in [1.807, 2.05) is 29.5 Å². The lowest BCUT2D eigenvalue weighted by molar-refractivity contribution is -0.138. The summed E-state index contributed by atoms with van der Waals surface area (Å²) in [6.07, 6.45) is -1.27. The van der Waals surface area contributed by atoms with Crippen LogP contribution in [0.2, 0.25) is 0 Å². The molecule has 1 aliphatic heterocycles. The molecule has 224 valence electrons. The van der Waals surface area contributed by atoms with Crippen LogP contribution in [-0.4, -0.2) is 63.0 Å². The van der Waals surface area contributed by atoms with Crippen molar-refractivity contribution in [2.45, 2.75) is 39.5 Å². The van der Waals surface area contributed by atoms with Crippen molar-refractivity contribution in [1.29, 1.82) is 0 Å². The van der Waals surface area contributed by atoms with E-state index in [0.717, 1.165) is 25.7 Å². The number of rotatable bonds is 6. The SMILES string of the molecule is CCN1CCN(Cc2ccc(NC(=O)c3cccc(C#Cc4cn(C(C)C)c5ncnc(N)c45)c3)cc2C(F)(F)F)CC1. The molecule has 3 N–H and O–H groups in total. The Morgan fingerprint density at radius 3 is 2.49 bits per heavy atom. The third-order valence-corrected chi connectivity index (χ3v) is 7.64. The van der Waals surface area contributed by atoms with E-state index in [1.54, 1.807) is 24.3 Å². The van der Waals surface area contributed by atoms with Crippen LogP contribution in [0.4, 0.5) is 24.7 Å². The summed E-state index contributed by atoms with van der Waals surface area (Å²) in [6.45, 7) is 10.3. The number of benzene rings is 2. The predicted molar refractivity (Wildman–Crippen MR) is 162 cm³/mol. The van der Waals surface area contributed by atoms with Crippen molar-refractivity contribution in [2.24, 2.45) is 0 Å². The maximum Gasteiger partial charge on any atom is 0.416 e. The van der Waals surface area contributed by atoms with Gasteiger partial charge in [0.25, 0.3) is 5.91 Å². The summed E-state index contributed by atoms with van der Waals surface area (Å²) in [7, 11) is 0. The number of nitrogens with one attached hydrogen (secondary N) is 1. The van der Waals surface area contributed by atoms with Gasteiger partial charge in [0.1, 0.15) is 17.8 Å². The molecule has 0 bridgehead atoms. The lowest BCUT2D eigenvalue weighted by Gasteiger charge is -2.34. The third kappa shape index (κ3) is 6.82. The number of alkyl halides is 3. The highest BCUT2D eigenvalue weighted by molar-refractivity contribution is 6.04. The number of hydrogen-bond donors (Lipinski definition) is 2. The molecule has 0 atom stereocenters. The van der Waals surface area contributed by atoms with Crippen LogP contribution >= 0.6 is 0 Å². The van der Waals surface area contributed by atoms with Crippen LogP contribution in [-0.2, 0) is 12.7 Å². The first-order chi connectivity index (χ1) is 20.5. The molecule has 1 saturated heterocycles. The summed E-state index contributed by atoms with van der Waals surface area (Å²) in [5, 5.41) is 3.28. The highest BCUT2D eigenvalue weighted by Gasteiger charge is 2.34. The summed E-state index contributed by atoms with van der Waals surface area (Å²) in [5.74, 6) is 5.96. The van der Waals surface area contributed by atoms with Gasteiger partial charge in [0.05, 0.1) is 16.5 Å². The molecule has 1 fully saturated rings. The molecule has 2 aromatic heterocycles. The Kier molecular flexibility index (Phi) is 8.71. The zero-order valence-electron chi connectivity index (χ0n) is 24.4. The van der Waals surface area contributed by atoms with E-state index < -0.39 is 17.6 Å². The van der Waals surface area contributed by atoms with Gasteiger partial charge >= 0.3 is 6.18 Å². The quantitative estimate of drug-likeness (QED) is 0.293. The molecule has 3 heterocycles. The number of piperazine rings is 1. The minimum Gasteiger partial charge on any atom is -0.383 e. The topological polar surface area (TPSA) is 92.3 Å². The molecule has 4 aromatic rings. The Bertz CT molecular complexity index is 1690. The number of nitrogens with two attached hydrogens (primary N) is 1. The van der Waals surface area contributed by atoms with Crippen LogP contribution in [0.1, 0.15) is 59.4 Å². The molecule has 11 heteroatoms. The summed E-state index contributed by atoms with van der Waals surface area (Å²) < 4.78 is 44.1. The average Bonchev–Trinajstić information content (AvgIpc) is 3.37. The zero-order chi connectivity index (χ0) is 30.7. The molecule has 0 saturated carbocycles. The number of nitrogen functional groups attached to an aromatic ring is 1. The number of likely N-dealkylation sites (N-methyl/N-ethyl adjacent to an activating group) is 1. The fraction of sp³-hybridized carbons (Fsp3) is 0.344. The van der Waals surface area contributed by atoms with Gasteiger partial charge in [-0.2, -0.15) is 13.2 Å². The maximum absolute atomic E-state index is 14.0. The van der Waals surface area contributed by atoms with Crippen LogP contribution in [0.25, 0.3) is 11.0 Å². The van der Waals surface area contributed by atoms with E-state index in [9.17, 15) is 18.0 Å². The van der Waals surface area contributed by atoms with Crippen molar-refractivity contribution >= 4 is 28.4 Å². The van der Waals surface area contributed by atoms with Gasteiger partial charge < -0.3 is 20.5 Å². The summed E-state index contributed by atoms with van der Waals surface area (Å²) >= 11 is 0. The highest BCUT2D eigenvalue weighted by atomic mass is 19.4. The molecule has 0 spiro atoms. The van der Waals surface area contributed by atoms with Crippen molar-refractivity contribution in [2.75, 3.05) is 43.8 Å². The Morgan fingerprint density at radius 2 is 1.79 bits per heavy atom. The smallest absolute Gasteiger partial charge is 0.383 e. The fourth-order valence-electron chi connectivity index (χ4n) is 5.24. The Labute approximate surface area is 248 Å². The average molecular weight is 590 g/mol. The van der Waals surface area contributed by atoms with E-state index in [-0.39, 0.29) is 29.4 Å². The number of nitrogens with zero attached hydrogens (tertiary/aromatic N) is 5. The Morgan fingerprint density at radius 1 is 1.05 bits per heavy atom. The minimum absolute atomic E-state index is 0.0744. The van der Waals surface area contributed by atoms with Crippen LogP contribution in [0, 0.1) is 11.8 Å². The van der Waals surface area contributed by atoms with Gasteiger partial charge in [-0.15, -0.1) is 0 Å². The lowest BCUT2D eigenvalue weighted by Crippen LogP contribution is -2.45. The number of carbonyl (C=O) groups is 1. The van der Waals surface area contributed by atoms with Gasteiger partial charge in [0.2, 0.25) is 0 Å². The summed E-state index contributed by atoms with van der Waals surface area (Å²) in [5.41, 5.74) is 7.81. The molecule has 0 radical (unpaired) electrons. The third-order valence-electron chi connectivity index (χ3n) is 7.64. The fourth-order valence-corrected chi connectivity index (χ4v) is 5.24. The molecule has 0 unspecified atom stereocenters. The Hall–Kier alpha value is -4.40. The lowest BCUT2D eigenvalue weighted by atomic mass is 10.0. The molecular weight excluding hydrogens is 555 g/mol. The van der Waals surface area contributed by atoms with Gasteiger partial charge in [-0.05, 0) is 56.3 Å². The second-order valence-electron chi connectivity index (χ2n) is 10.9. The molecule has 1 amide bonds. The number of anilines is 2. The van der Waals surface area contributed by atoms with Crippen molar-refractivity contribution in [3.63, 3.8) is 0 Å². The number of carbonyl (C=O) groups excluding carboxylic acids is 1. The first kappa shape index (κ1) is 30.1. The number of halogens is 3. The van der Waals surface area contributed by atoms with Gasteiger partial charge in [0.15, 0.2) is 0 Å². The van der Waals surface area contributed by atoms with Gasteiger partial charge in [-0.1, -0.05) is 30.9 Å². The van der Waals surface area contributed by atoms with Gasteiger partial charge in [-0.25, -0.2) is 9.97 Å². The van der Waals surface area contributed by atoms with Crippen LogP contribution in [0.3, 0.4) is 0 Å². The van der Waals surface area contributed by atoms with E-state index in [2.05, 4.69) is 38.9 Å². The molecule has 0 aliphatic carbocycles. The molecule has 43 heavy (non-hydrogen) atoms. The highest BCUT2D eigenvalue weighted by Crippen LogP contribution is 2.35. The molecular formula is C32H34F3N7O. The van der Waals surface area contributed by atoms with Crippen LogP contribution < -0.4 is 11.1 Å². The van der Waals surface area contributed by atoms with E-state index in [4.69, 9.17) is 5.73 Å². The Balaban J connectivity index is 1.34. The summed E-state index contributed by atoms with van der Waals surface area (Å²) in [4.78, 5) is 25.8. The van der Waals surface area contributed by atoms with Gasteiger partial charge in [0, 0.05) is 61.8 Å². The van der Waals surface area contributed by atoms with E-state index in [1.165, 1.54) is 18.5 Å². The number of amides is 1. The van der Waals surface area contributed by atoms with Crippen molar-refractivity contribution in [1.82, 2.24) is 24.3 Å². The maximum atomic E-state index is 14.0. The van der Waals surface area contributed by atoms with Crippen LogP contribution in [0.5, 0.6) is 0 Å². The van der Waals surface area contributed by atoms with E-state index in [0.29, 0.717) is 41.1 Å². The van der Waals surface area contributed by atoms with Crippen LogP contribution in [0.15, 0.2) is 55.0 Å². The predicted octanol–water partition coefficient (Wildman–Crippen LogP) is 5.40. The standard InChI is InChI=1S/C32H34F3N7O/c1-4-40-12-14-41(15-13-40)18-24-10-11-26(17-27(24)32(33,34)35)39-31(43)23-7-5-6-22(16-23)8-9-25-19-42(21(2)3)30-28(25)29(36)37-20-38-30/h5-7,10-11,16-17,19-21H,4,12-15,18H2,1-3H3,(H,39,43)(H2,36,37,38). The van der Waals surface area contributed by atoms with Crippen molar-refractivity contribution < 1.29 is 18.0 Å². The number of aromatic nitrogens is 3. The zero-order valence-corrected chi connectivity index (χ0v) is 24.4. The second-order valence-corrected chi connectivity index (χ2v) is 10.9. The minimum atomic E-state index is -4.55. The normalized spacial score (nSPS) is 14.6. The van der Waals surface area contributed by atoms with Crippen molar-refractivity contribution in [3.05, 3.63) is 82.8 Å². The largest absolute Gasteiger partial charge is 0.416 e. The summed E-state index contributed by atoms with van der Waals surface area (Å²) in [6, 6.07) is 10.7. The number of fused-ring (bicyclic) bond motifs is 1. The monoisotopic (exact) mass is 589 g/mol. The second kappa shape index (κ2) is 12.5. The molecule has 1 aliphatic rings. The molecule has 5 rings (SSSR count). The number of hydrogen-bond acceptors (Lipinski definition) is 6. The molecule has 2 aromatic carbocycles. The van der Waals surface area contributed by atoms with Crippen molar-refractivity contribution in [3.8, 4) is 11.8 Å². The van der Waals surface area contributed by atoms with Gasteiger partial charge in [-0.3, -0.25) is 9.69 Å². The molecule has 8 nitrogen and oxygen atoms in total. The first-order valence-corrected chi connectivity index (χ1v) is 14.2. The van der Waals surface area contributed by atoms with E-state index >= 15 is 0 Å². The first-order valence-electron chi connectivity index (χ1n) is 14.2.